The molecule has 2 heteroatoms. The summed E-state index contributed by atoms with van der Waals surface area (Å²) in [5.74, 6) is 0. The third-order valence-electron chi connectivity index (χ3n) is 16.4. The molecule has 1 atom stereocenters. The Labute approximate surface area is 462 Å². The van der Waals surface area contributed by atoms with Crippen molar-refractivity contribution in [1.29, 1.82) is 0 Å². The Kier molecular flexibility index (Phi) is 11.1. The number of benzene rings is 13. The lowest BCUT2D eigenvalue weighted by atomic mass is 9.70. The Balaban J connectivity index is 0.992. The first-order valence-corrected chi connectivity index (χ1v) is 27.3. The summed E-state index contributed by atoms with van der Waals surface area (Å²) < 4.78 is 0. The molecule has 0 aliphatic heterocycles. The van der Waals surface area contributed by atoms with Crippen LogP contribution in [0.15, 0.2) is 315 Å². The molecule has 1 unspecified atom stereocenters. The van der Waals surface area contributed by atoms with Gasteiger partial charge < -0.3 is 9.80 Å². The van der Waals surface area contributed by atoms with E-state index >= 15 is 0 Å². The molecule has 1 spiro atoms. The summed E-state index contributed by atoms with van der Waals surface area (Å²) in [6.07, 6.45) is 0. The molecule has 2 aliphatic rings. The first-order chi connectivity index (χ1) is 39.2. The van der Waals surface area contributed by atoms with E-state index in [2.05, 4.69) is 325 Å². The topological polar surface area (TPSA) is 6.48 Å². The van der Waals surface area contributed by atoms with Crippen molar-refractivity contribution in [2.24, 2.45) is 0 Å². The van der Waals surface area contributed by atoms with E-state index in [1.807, 2.05) is 0 Å². The van der Waals surface area contributed by atoms with Crippen molar-refractivity contribution in [2.75, 3.05) is 9.80 Å². The van der Waals surface area contributed by atoms with Gasteiger partial charge in [-0.3, -0.25) is 0 Å². The fourth-order valence-electron chi connectivity index (χ4n) is 13.0. The number of hydrogen-bond donors (Lipinski definition) is 0. The number of hydrogen-bond acceptors (Lipinski definition) is 2. The van der Waals surface area contributed by atoms with Crippen LogP contribution in [0.2, 0.25) is 0 Å². The SMILES string of the molecule is c1ccc(-c2ccc(N(c3ccccc3)c3cccc(N(c4cccc(-c5cccc(-c6ccccc6)c5)c4)c4cc(-c5ccccc5)c5c(c4)C4(c6ccccc6-5)c5ccccc5-c5c4ccc4ccccc54)c3)cc2)cc1. The van der Waals surface area contributed by atoms with E-state index in [1.54, 1.807) is 0 Å². The largest absolute Gasteiger partial charge is 0.310 e. The lowest BCUT2D eigenvalue weighted by molar-refractivity contribution is 0.794. The summed E-state index contributed by atoms with van der Waals surface area (Å²) >= 11 is 0. The molecule has 0 saturated carbocycles. The summed E-state index contributed by atoms with van der Waals surface area (Å²) in [4.78, 5) is 4.88. The van der Waals surface area contributed by atoms with Crippen molar-refractivity contribution >= 4 is 44.9 Å². The van der Waals surface area contributed by atoms with E-state index in [-0.39, 0.29) is 0 Å². The van der Waals surface area contributed by atoms with Gasteiger partial charge in [0, 0.05) is 34.1 Å². The van der Waals surface area contributed by atoms with E-state index in [0.29, 0.717) is 0 Å². The van der Waals surface area contributed by atoms with E-state index < -0.39 is 5.41 Å². The van der Waals surface area contributed by atoms with Gasteiger partial charge in [-0.15, -0.1) is 0 Å². The minimum atomic E-state index is -0.606. The Bertz CT molecular complexity index is 4420. The van der Waals surface area contributed by atoms with Crippen LogP contribution in [0.5, 0.6) is 0 Å². The van der Waals surface area contributed by atoms with Gasteiger partial charge >= 0.3 is 0 Å². The van der Waals surface area contributed by atoms with E-state index in [4.69, 9.17) is 0 Å². The fraction of sp³-hybridized carbons (Fsp3) is 0.0130. The third-order valence-corrected chi connectivity index (χ3v) is 16.4. The molecule has 2 nitrogen and oxygen atoms in total. The maximum Gasteiger partial charge on any atom is 0.0726 e. The van der Waals surface area contributed by atoms with Gasteiger partial charge in [-0.2, -0.15) is 0 Å². The molecule has 15 rings (SSSR count). The molecule has 0 saturated heterocycles. The van der Waals surface area contributed by atoms with Crippen LogP contribution in [0.1, 0.15) is 22.3 Å². The third kappa shape index (κ3) is 7.64. The molecule has 2 aliphatic carbocycles. The predicted molar refractivity (Wildman–Crippen MR) is 331 cm³/mol. The van der Waals surface area contributed by atoms with Gasteiger partial charge in [0.05, 0.1) is 5.41 Å². The van der Waals surface area contributed by atoms with Gasteiger partial charge in [-0.1, -0.05) is 243 Å². The second kappa shape index (κ2) is 19.1. The standard InChI is InChI=1S/C77H52N2/c1-5-22-53(23-6-1)55-42-45-62(46-43-55)78(61-32-11-4-12-33-61)64-35-21-36-65(50-64)79(63-34-20-31-60(49-63)59-30-19-29-58(48-59)54-24-7-2-8-25-54)66-51-70(56-26-9-3-10-27-56)76-69-39-16-18-41-72(69)77(74(76)52-66)71-40-17-15-38-68(71)75-67-37-14-13-28-57(67)44-47-73(75)77/h1-52H. The first kappa shape index (κ1) is 46.1. The molecule has 0 amide bonds. The number of rotatable bonds is 10. The lowest BCUT2D eigenvalue weighted by Gasteiger charge is -2.33. The lowest BCUT2D eigenvalue weighted by Crippen LogP contribution is -2.26. The number of nitrogens with zero attached hydrogens (tertiary/aromatic N) is 2. The van der Waals surface area contributed by atoms with Gasteiger partial charge in [0.2, 0.25) is 0 Å². The zero-order chi connectivity index (χ0) is 52.3. The van der Waals surface area contributed by atoms with Crippen molar-refractivity contribution in [1.82, 2.24) is 0 Å². The minimum absolute atomic E-state index is 0.606. The van der Waals surface area contributed by atoms with Gasteiger partial charge in [-0.05, 0) is 173 Å². The molecule has 0 fully saturated rings. The van der Waals surface area contributed by atoms with Crippen molar-refractivity contribution in [3.05, 3.63) is 338 Å². The van der Waals surface area contributed by atoms with Gasteiger partial charge in [0.15, 0.2) is 0 Å². The summed E-state index contributed by atoms with van der Waals surface area (Å²) in [6, 6.07) is 116. The number of anilines is 6. The molecule has 0 bridgehead atoms. The Morgan fingerprint density at radius 1 is 0.203 bits per heavy atom. The number of para-hydroxylation sites is 1. The highest BCUT2D eigenvalue weighted by atomic mass is 15.2. The van der Waals surface area contributed by atoms with Crippen LogP contribution >= 0.6 is 0 Å². The average molecular weight is 1010 g/mol. The van der Waals surface area contributed by atoms with Crippen LogP contribution in [0.3, 0.4) is 0 Å². The highest BCUT2D eigenvalue weighted by Crippen LogP contribution is 2.66. The second-order valence-corrected chi connectivity index (χ2v) is 20.8. The van der Waals surface area contributed by atoms with Gasteiger partial charge in [0.1, 0.15) is 0 Å². The Morgan fingerprint density at radius 3 is 1.32 bits per heavy atom. The maximum absolute atomic E-state index is 2.54. The fourth-order valence-corrected chi connectivity index (χ4v) is 13.0. The first-order valence-electron chi connectivity index (χ1n) is 27.3. The number of fused-ring (bicyclic) bond motifs is 12. The molecule has 0 heterocycles. The molecular weight excluding hydrogens is 953 g/mol. The zero-order valence-electron chi connectivity index (χ0n) is 43.4. The van der Waals surface area contributed by atoms with Gasteiger partial charge in [-0.25, -0.2) is 0 Å². The van der Waals surface area contributed by atoms with Crippen LogP contribution in [0.25, 0.3) is 77.5 Å². The van der Waals surface area contributed by atoms with Crippen LogP contribution in [-0.4, -0.2) is 0 Å². The Hall–Kier alpha value is -10.3. The van der Waals surface area contributed by atoms with E-state index in [0.717, 1.165) is 45.3 Å². The molecular formula is C77H52N2. The molecule has 13 aromatic carbocycles. The quantitative estimate of drug-likeness (QED) is 0.135. The van der Waals surface area contributed by atoms with Crippen LogP contribution in [0.4, 0.5) is 34.1 Å². The molecule has 0 N–H and O–H groups in total. The smallest absolute Gasteiger partial charge is 0.0726 e. The maximum atomic E-state index is 2.54. The van der Waals surface area contributed by atoms with Crippen LogP contribution < -0.4 is 9.80 Å². The van der Waals surface area contributed by atoms with Crippen molar-refractivity contribution in [2.45, 2.75) is 5.41 Å². The van der Waals surface area contributed by atoms with Crippen molar-refractivity contribution < 1.29 is 0 Å². The summed E-state index contributed by atoms with van der Waals surface area (Å²) in [6.45, 7) is 0. The highest BCUT2D eigenvalue weighted by Gasteiger charge is 2.53. The van der Waals surface area contributed by atoms with Gasteiger partial charge in [0.25, 0.3) is 0 Å². The second-order valence-electron chi connectivity index (χ2n) is 20.8. The zero-order valence-corrected chi connectivity index (χ0v) is 43.4. The van der Waals surface area contributed by atoms with E-state index in [1.165, 1.54) is 88.7 Å². The average Bonchev–Trinajstić information content (AvgIpc) is 2.28. The summed E-state index contributed by atoms with van der Waals surface area (Å²) in [5.41, 5.74) is 25.6. The minimum Gasteiger partial charge on any atom is -0.310 e. The van der Waals surface area contributed by atoms with Crippen LogP contribution in [-0.2, 0) is 5.41 Å². The monoisotopic (exact) mass is 1000 g/mol. The summed E-state index contributed by atoms with van der Waals surface area (Å²) in [7, 11) is 0. The Morgan fingerprint density at radius 2 is 0.646 bits per heavy atom. The molecule has 79 heavy (non-hydrogen) atoms. The van der Waals surface area contributed by atoms with E-state index in [9.17, 15) is 0 Å². The van der Waals surface area contributed by atoms with Crippen molar-refractivity contribution in [3.8, 4) is 66.8 Å². The molecule has 370 valence electrons. The summed E-state index contributed by atoms with van der Waals surface area (Å²) in [5, 5.41) is 2.52. The molecule has 13 aromatic rings. The normalized spacial score (nSPS) is 13.6. The molecule has 0 aromatic heterocycles. The highest BCUT2D eigenvalue weighted by molar-refractivity contribution is 6.08. The van der Waals surface area contributed by atoms with Crippen molar-refractivity contribution in [3.63, 3.8) is 0 Å². The predicted octanol–water partition coefficient (Wildman–Crippen LogP) is 20.8. The molecule has 0 radical (unpaired) electrons. The van der Waals surface area contributed by atoms with Crippen LogP contribution in [0, 0.1) is 0 Å².